The van der Waals surface area contributed by atoms with Gasteiger partial charge in [-0.05, 0) is 50.0 Å². The highest BCUT2D eigenvalue weighted by molar-refractivity contribution is 5.68. The zero-order chi connectivity index (χ0) is 14.2. The lowest BCUT2D eigenvalue weighted by Gasteiger charge is -2.10. The summed E-state index contributed by atoms with van der Waals surface area (Å²) in [7, 11) is 4.07. The molecule has 1 aromatic carbocycles. The normalized spacial score (nSPS) is 11.2. The minimum Gasteiger partial charge on any atom is -0.492 e. The van der Waals surface area contributed by atoms with Gasteiger partial charge in [0.05, 0.1) is 5.69 Å². The molecule has 1 heterocycles. The topological polar surface area (TPSA) is 25.4 Å². The maximum absolute atomic E-state index is 5.66. The standard InChI is InChI=1S/C17H20N2O/c1-19(2)13-14-20-17-10-7-15(8-11-17)6-9-16-5-3-4-12-18-16/h3-12H,13-14H2,1-2H3/b9-6-. The summed E-state index contributed by atoms with van der Waals surface area (Å²) >= 11 is 0. The van der Waals surface area contributed by atoms with Gasteiger partial charge in [0.15, 0.2) is 0 Å². The largest absolute Gasteiger partial charge is 0.492 e. The van der Waals surface area contributed by atoms with Crippen LogP contribution in [-0.4, -0.2) is 37.1 Å². The number of benzene rings is 1. The van der Waals surface area contributed by atoms with Crippen LogP contribution in [0.25, 0.3) is 12.2 Å². The average molecular weight is 268 g/mol. The molecular weight excluding hydrogens is 248 g/mol. The number of likely N-dealkylation sites (N-methyl/N-ethyl adjacent to an activating group) is 1. The molecular formula is C17H20N2O. The molecule has 0 radical (unpaired) electrons. The molecule has 0 fully saturated rings. The highest BCUT2D eigenvalue weighted by atomic mass is 16.5. The van der Waals surface area contributed by atoms with Crippen molar-refractivity contribution in [3.8, 4) is 5.75 Å². The molecule has 1 aromatic heterocycles. The third-order valence-corrected chi connectivity index (χ3v) is 2.82. The van der Waals surface area contributed by atoms with Crippen molar-refractivity contribution in [2.24, 2.45) is 0 Å². The number of pyridine rings is 1. The zero-order valence-electron chi connectivity index (χ0n) is 12.0. The highest BCUT2D eigenvalue weighted by Crippen LogP contribution is 2.14. The molecule has 0 aliphatic carbocycles. The number of rotatable bonds is 6. The Morgan fingerprint density at radius 1 is 1.05 bits per heavy atom. The summed E-state index contributed by atoms with van der Waals surface area (Å²) in [5.74, 6) is 0.904. The maximum atomic E-state index is 5.66. The molecule has 104 valence electrons. The van der Waals surface area contributed by atoms with E-state index >= 15 is 0 Å². The van der Waals surface area contributed by atoms with Crippen LogP contribution in [0.15, 0.2) is 48.7 Å². The third kappa shape index (κ3) is 4.86. The smallest absolute Gasteiger partial charge is 0.119 e. The van der Waals surface area contributed by atoms with E-state index in [9.17, 15) is 0 Å². The summed E-state index contributed by atoms with van der Waals surface area (Å²) < 4.78 is 5.66. The van der Waals surface area contributed by atoms with E-state index in [-0.39, 0.29) is 0 Å². The van der Waals surface area contributed by atoms with E-state index in [1.165, 1.54) is 0 Å². The maximum Gasteiger partial charge on any atom is 0.119 e. The Kier molecular flexibility index (Phi) is 5.33. The Balaban J connectivity index is 1.90. The van der Waals surface area contributed by atoms with Crippen molar-refractivity contribution in [2.45, 2.75) is 0 Å². The van der Waals surface area contributed by atoms with Crippen molar-refractivity contribution >= 4 is 12.2 Å². The van der Waals surface area contributed by atoms with Crippen molar-refractivity contribution in [2.75, 3.05) is 27.2 Å². The Bertz CT molecular complexity index is 533. The van der Waals surface area contributed by atoms with Gasteiger partial charge in [-0.3, -0.25) is 4.98 Å². The third-order valence-electron chi connectivity index (χ3n) is 2.82. The fourth-order valence-electron chi connectivity index (χ4n) is 1.68. The van der Waals surface area contributed by atoms with E-state index in [1.807, 2.05) is 68.7 Å². The second-order valence-corrected chi connectivity index (χ2v) is 4.81. The number of ether oxygens (including phenoxy) is 1. The Morgan fingerprint density at radius 2 is 1.85 bits per heavy atom. The van der Waals surface area contributed by atoms with Gasteiger partial charge in [-0.15, -0.1) is 0 Å². The second-order valence-electron chi connectivity index (χ2n) is 4.81. The molecule has 0 aliphatic rings. The highest BCUT2D eigenvalue weighted by Gasteiger charge is 1.95. The first-order valence-electron chi connectivity index (χ1n) is 6.71. The predicted octanol–water partition coefficient (Wildman–Crippen LogP) is 3.19. The molecule has 2 aromatic rings. The van der Waals surface area contributed by atoms with Crippen LogP contribution >= 0.6 is 0 Å². The first-order chi connectivity index (χ1) is 9.74. The summed E-state index contributed by atoms with van der Waals surface area (Å²) in [6.45, 7) is 1.62. The van der Waals surface area contributed by atoms with Gasteiger partial charge in [0.25, 0.3) is 0 Å². The second kappa shape index (κ2) is 7.46. The van der Waals surface area contributed by atoms with E-state index in [4.69, 9.17) is 4.74 Å². The molecule has 20 heavy (non-hydrogen) atoms. The fourth-order valence-corrected chi connectivity index (χ4v) is 1.68. The lowest BCUT2D eigenvalue weighted by Crippen LogP contribution is -2.19. The number of hydrogen-bond acceptors (Lipinski definition) is 3. The first kappa shape index (κ1) is 14.3. The van der Waals surface area contributed by atoms with Crippen LogP contribution < -0.4 is 4.74 Å². The predicted molar refractivity (Wildman–Crippen MR) is 83.7 cm³/mol. The molecule has 0 unspecified atom stereocenters. The minimum absolute atomic E-state index is 0.704. The van der Waals surface area contributed by atoms with Gasteiger partial charge >= 0.3 is 0 Å². The van der Waals surface area contributed by atoms with Gasteiger partial charge in [0, 0.05) is 12.7 Å². The van der Waals surface area contributed by atoms with Crippen molar-refractivity contribution in [3.63, 3.8) is 0 Å². The van der Waals surface area contributed by atoms with Crippen LogP contribution in [0.3, 0.4) is 0 Å². The quantitative estimate of drug-likeness (QED) is 0.804. The summed E-state index contributed by atoms with van der Waals surface area (Å²) in [4.78, 5) is 6.35. The van der Waals surface area contributed by atoms with Gasteiger partial charge in [-0.25, -0.2) is 0 Å². The van der Waals surface area contributed by atoms with E-state index in [0.717, 1.165) is 23.6 Å². The molecule has 0 N–H and O–H groups in total. The summed E-state index contributed by atoms with van der Waals surface area (Å²) in [5, 5.41) is 0. The van der Waals surface area contributed by atoms with Crippen molar-refractivity contribution < 1.29 is 4.74 Å². The van der Waals surface area contributed by atoms with E-state index in [1.54, 1.807) is 6.20 Å². The summed E-state index contributed by atoms with van der Waals surface area (Å²) in [6.07, 6.45) is 5.84. The SMILES string of the molecule is CN(C)CCOc1ccc(/C=C\c2ccccn2)cc1. The lowest BCUT2D eigenvalue weighted by atomic mass is 10.2. The Morgan fingerprint density at radius 3 is 2.50 bits per heavy atom. The molecule has 0 aliphatic heterocycles. The van der Waals surface area contributed by atoms with Crippen LogP contribution in [0.2, 0.25) is 0 Å². The van der Waals surface area contributed by atoms with Crippen LogP contribution in [0, 0.1) is 0 Å². The number of hydrogen-bond donors (Lipinski definition) is 0. The summed E-state index contributed by atoms with van der Waals surface area (Å²) in [5.41, 5.74) is 2.09. The number of aromatic nitrogens is 1. The van der Waals surface area contributed by atoms with E-state index < -0.39 is 0 Å². The van der Waals surface area contributed by atoms with Crippen LogP contribution in [-0.2, 0) is 0 Å². The Labute approximate surface area is 120 Å². The minimum atomic E-state index is 0.704. The van der Waals surface area contributed by atoms with Crippen molar-refractivity contribution in [3.05, 3.63) is 59.9 Å². The monoisotopic (exact) mass is 268 g/mol. The molecule has 0 saturated heterocycles. The first-order valence-corrected chi connectivity index (χ1v) is 6.71. The van der Waals surface area contributed by atoms with Crippen LogP contribution in [0.5, 0.6) is 5.75 Å². The molecule has 3 nitrogen and oxygen atoms in total. The zero-order valence-corrected chi connectivity index (χ0v) is 12.0. The molecule has 0 bridgehead atoms. The molecule has 0 atom stereocenters. The van der Waals surface area contributed by atoms with Gasteiger partial charge < -0.3 is 9.64 Å². The molecule has 0 amide bonds. The van der Waals surface area contributed by atoms with Crippen molar-refractivity contribution in [1.82, 2.24) is 9.88 Å². The fraction of sp³-hybridized carbons (Fsp3) is 0.235. The van der Waals surface area contributed by atoms with E-state index in [2.05, 4.69) is 9.88 Å². The number of nitrogens with zero attached hydrogens (tertiary/aromatic N) is 2. The molecule has 0 saturated carbocycles. The van der Waals surface area contributed by atoms with E-state index in [0.29, 0.717) is 6.61 Å². The lowest BCUT2D eigenvalue weighted by molar-refractivity contribution is 0.261. The summed E-state index contributed by atoms with van der Waals surface area (Å²) in [6, 6.07) is 14.0. The van der Waals surface area contributed by atoms with Gasteiger partial charge in [0.2, 0.25) is 0 Å². The van der Waals surface area contributed by atoms with Gasteiger partial charge in [-0.2, -0.15) is 0 Å². The molecule has 3 heteroatoms. The van der Waals surface area contributed by atoms with Crippen molar-refractivity contribution in [1.29, 1.82) is 0 Å². The molecule has 0 spiro atoms. The van der Waals surface area contributed by atoms with Crippen LogP contribution in [0.4, 0.5) is 0 Å². The average Bonchev–Trinajstić information content (AvgIpc) is 2.47. The molecule has 2 rings (SSSR count). The van der Waals surface area contributed by atoms with Gasteiger partial charge in [0.1, 0.15) is 12.4 Å². The Hall–Kier alpha value is -2.13. The van der Waals surface area contributed by atoms with Gasteiger partial charge in [-0.1, -0.05) is 24.3 Å². The van der Waals surface area contributed by atoms with Crippen LogP contribution in [0.1, 0.15) is 11.3 Å².